The van der Waals surface area contributed by atoms with Gasteiger partial charge in [0.25, 0.3) is 0 Å². The summed E-state index contributed by atoms with van der Waals surface area (Å²) in [7, 11) is 0. The molecule has 1 rings (SSSR count). The molecule has 0 aliphatic carbocycles. The van der Waals surface area contributed by atoms with Crippen LogP contribution in [0.2, 0.25) is 0 Å². The van der Waals surface area contributed by atoms with Crippen molar-refractivity contribution in [2.24, 2.45) is 5.92 Å². The van der Waals surface area contributed by atoms with Crippen molar-refractivity contribution in [2.45, 2.75) is 155 Å². The van der Waals surface area contributed by atoms with Crippen LogP contribution in [-0.4, -0.2) is 19.5 Å². The Labute approximate surface area is 183 Å². The fraction of sp³-hybridized carbons (Fsp3) is 1.00. The number of unbranched alkanes of at least 4 members (excludes halogenated alkanes) is 17. The topological polar surface area (TPSA) is 18.5 Å². The van der Waals surface area contributed by atoms with Gasteiger partial charge in [-0.05, 0) is 12.8 Å². The van der Waals surface area contributed by atoms with E-state index in [4.69, 9.17) is 9.47 Å². The molecule has 0 radical (unpaired) electrons. The minimum absolute atomic E-state index is 0.0997. The molecule has 1 aliphatic heterocycles. The highest BCUT2D eigenvalue weighted by Gasteiger charge is 2.25. The van der Waals surface area contributed by atoms with Crippen molar-refractivity contribution in [1.82, 2.24) is 0 Å². The third-order valence-corrected chi connectivity index (χ3v) is 6.64. The third kappa shape index (κ3) is 16.3. The molecule has 1 fully saturated rings. The van der Waals surface area contributed by atoms with Crippen LogP contribution in [0, 0.1) is 5.92 Å². The molecule has 1 aliphatic rings. The zero-order chi connectivity index (χ0) is 20.8. The second-order valence-corrected chi connectivity index (χ2v) is 9.46. The normalized spacial score (nSPS) is 15.9. The predicted molar refractivity (Wildman–Crippen MR) is 127 cm³/mol. The van der Waals surface area contributed by atoms with Gasteiger partial charge in [0.05, 0.1) is 13.2 Å². The molecule has 0 spiro atoms. The molecule has 0 aromatic heterocycles. The Morgan fingerprint density at radius 3 is 1.14 bits per heavy atom. The average molecular weight is 411 g/mol. The van der Waals surface area contributed by atoms with E-state index in [1.165, 1.54) is 135 Å². The van der Waals surface area contributed by atoms with Crippen LogP contribution in [0.5, 0.6) is 0 Å². The molecule has 29 heavy (non-hydrogen) atoms. The summed E-state index contributed by atoms with van der Waals surface area (Å²) in [6.45, 7) is 6.20. The minimum atomic E-state index is 0.0997. The van der Waals surface area contributed by atoms with Gasteiger partial charge in [-0.25, -0.2) is 0 Å². The minimum Gasteiger partial charge on any atom is -0.350 e. The maximum absolute atomic E-state index is 5.87. The van der Waals surface area contributed by atoms with E-state index in [0.29, 0.717) is 5.92 Å². The summed E-state index contributed by atoms with van der Waals surface area (Å²) in [6, 6.07) is 0. The first kappa shape index (κ1) is 27.0. The second-order valence-electron chi connectivity index (χ2n) is 9.46. The van der Waals surface area contributed by atoms with Crippen LogP contribution in [0.3, 0.4) is 0 Å². The maximum Gasteiger partial charge on any atom is 0.160 e. The Morgan fingerprint density at radius 1 is 0.483 bits per heavy atom. The monoisotopic (exact) mass is 410 g/mol. The Balaban J connectivity index is 1.99. The lowest BCUT2D eigenvalue weighted by Crippen LogP contribution is -2.21. The van der Waals surface area contributed by atoms with Crippen LogP contribution < -0.4 is 0 Å². The summed E-state index contributed by atoms with van der Waals surface area (Å²) in [5.74, 6) is 0.635. The van der Waals surface area contributed by atoms with E-state index in [9.17, 15) is 0 Å². The third-order valence-electron chi connectivity index (χ3n) is 6.64. The van der Waals surface area contributed by atoms with Crippen molar-refractivity contribution in [2.75, 3.05) is 13.2 Å². The molecular formula is C27H54O2. The lowest BCUT2D eigenvalue weighted by atomic mass is 9.93. The van der Waals surface area contributed by atoms with Gasteiger partial charge in [0.1, 0.15) is 0 Å². The first-order valence-corrected chi connectivity index (χ1v) is 13.6. The molecule has 2 nitrogen and oxygen atoms in total. The van der Waals surface area contributed by atoms with Crippen LogP contribution in [0.4, 0.5) is 0 Å². The van der Waals surface area contributed by atoms with E-state index in [1.54, 1.807) is 0 Å². The molecular weight excluding hydrogens is 356 g/mol. The van der Waals surface area contributed by atoms with E-state index in [0.717, 1.165) is 13.2 Å². The molecule has 0 aromatic carbocycles. The Kier molecular flexibility index (Phi) is 19.7. The van der Waals surface area contributed by atoms with E-state index in [2.05, 4.69) is 13.8 Å². The molecule has 2 heteroatoms. The summed E-state index contributed by atoms with van der Waals surface area (Å²) >= 11 is 0. The van der Waals surface area contributed by atoms with Crippen molar-refractivity contribution in [1.29, 1.82) is 0 Å². The van der Waals surface area contributed by atoms with E-state index < -0.39 is 0 Å². The summed E-state index contributed by atoms with van der Waals surface area (Å²) in [5.41, 5.74) is 0. The molecule has 174 valence electrons. The first-order chi connectivity index (χ1) is 14.4. The van der Waals surface area contributed by atoms with Crippen molar-refractivity contribution in [3.8, 4) is 0 Å². The Morgan fingerprint density at radius 2 is 0.793 bits per heavy atom. The molecule has 1 unspecified atom stereocenters. The zero-order valence-corrected chi connectivity index (χ0v) is 20.2. The van der Waals surface area contributed by atoms with Crippen molar-refractivity contribution >= 4 is 0 Å². The summed E-state index contributed by atoms with van der Waals surface area (Å²) in [6.07, 6.45) is 29.6. The maximum atomic E-state index is 5.87. The van der Waals surface area contributed by atoms with Crippen molar-refractivity contribution in [3.63, 3.8) is 0 Å². The molecule has 1 heterocycles. The van der Waals surface area contributed by atoms with E-state index in [-0.39, 0.29) is 6.29 Å². The van der Waals surface area contributed by atoms with Gasteiger partial charge < -0.3 is 9.47 Å². The predicted octanol–water partition coefficient (Wildman–Crippen LogP) is 9.21. The van der Waals surface area contributed by atoms with Gasteiger partial charge in [-0.2, -0.15) is 0 Å². The molecule has 0 saturated carbocycles. The Hall–Kier alpha value is -0.0800. The quantitative estimate of drug-likeness (QED) is 0.166. The van der Waals surface area contributed by atoms with Gasteiger partial charge in [-0.3, -0.25) is 0 Å². The zero-order valence-electron chi connectivity index (χ0n) is 20.2. The molecule has 1 saturated heterocycles. The van der Waals surface area contributed by atoms with Gasteiger partial charge in [0.15, 0.2) is 6.29 Å². The van der Waals surface area contributed by atoms with Crippen LogP contribution in [-0.2, 0) is 9.47 Å². The number of ether oxygens (including phenoxy) is 2. The number of rotatable bonds is 22. The lowest BCUT2D eigenvalue weighted by molar-refractivity contribution is -0.0885. The molecule has 1 atom stereocenters. The smallest absolute Gasteiger partial charge is 0.160 e. The average Bonchev–Trinajstić information content (AvgIpc) is 3.27. The fourth-order valence-corrected chi connectivity index (χ4v) is 4.68. The largest absolute Gasteiger partial charge is 0.350 e. The van der Waals surface area contributed by atoms with Crippen LogP contribution in [0.15, 0.2) is 0 Å². The van der Waals surface area contributed by atoms with Crippen LogP contribution >= 0.6 is 0 Å². The second kappa shape index (κ2) is 21.2. The highest BCUT2D eigenvalue weighted by Crippen LogP contribution is 2.27. The van der Waals surface area contributed by atoms with Crippen molar-refractivity contribution in [3.05, 3.63) is 0 Å². The molecule has 0 aromatic rings. The summed E-state index contributed by atoms with van der Waals surface area (Å²) < 4.78 is 11.7. The van der Waals surface area contributed by atoms with Gasteiger partial charge in [-0.15, -0.1) is 0 Å². The summed E-state index contributed by atoms with van der Waals surface area (Å²) in [5, 5.41) is 0. The van der Waals surface area contributed by atoms with Crippen LogP contribution in [0.1, 0.15) is 149 Å². The van der Waals surface area contributed by atoms with E-state index in [1.807, 2.05) is 0 Å². The van der Waals surface area contributed by atoms with E-state index >= 15 is 0 Å². The van der Waals surface area contributed by atoms with Gasteiger partial charge in [-0.1, -0.05) is 136 Å². The Bertz CT molecular complexity index is 312. The molecule has 0 N–H and O–H groups in total. The summed E-state index contributed by atoms with van der Waals surface area (Å²) in [4.78, 5) is 0. The number of hydrogen-bond acceptors (Lipinski definition) is 2. The van der Waals surface area contributed by atoms with Crippen molar-refractivity contribution < 1.29 is 9.47 Å². The van der Waals surface area contributed by atoms with Gasteiger partial charge in [0, 0.05) is 5.92 Å². The lowest BCUT2D eigenvalue weighted by Gasteiger charge is -2.22. The van der Waals surface area contributed by atoms with Crippen LogP contribution in [0.25, 0.3) is 0 Å². The highest BCUT2D eigenvalue weighted by molar-refractivity contribution is 4.67. The standard InChI is InChI=1S/C27H54O2/c1-3-5-7-9-11-13-14-15-17-19-21-23-26(27-28-24-25-29-27)22-20-18-16-12-10-8-6-4-2/h26-27H,3-25H2,1-2H3. The first-order valence-electron chi connectivity index (χ1n) is 13.6. The van der Waals surface area contributed by atoms with Gasteiger partial charge in [0.2, 0.25) is 0 Å². The highest BCUT2D eigenvalue weighted by atomic mass is 16.7. The fourth-order valence-electron chi connectivity index (χ4n) is 4.68. The molecule has 0 amide bonds. The van der Waals surface area contributed by atoms with Gasteiger partial charge >= 0.3 is 0 Å². The SMILES string of the molecule is CCCCCCCCCCCCCC(CCCCCCCCCC)C1OCCO1. The number of hydrogen-bond donors (Lipinski definition) is 0. The molecule has 0 bridgehead atoms.